The summed E-state index contributed by atoms with van der Waals surface area (Å²) >= 11 is 0. The van der Waals surface area contributed by atoms with Crippen LogP contribution in [0.2, 0.25) is 0 Å². The van der Waals surface area contributed by atoms with Crippen LogP contribution in [0.4, 0.5) is 11.5 Å². The van der Waals surface area contributed by atoms with E-state index in [1.165, 1.54) is 66.0 Å². The Balaban J connectivity index is 1.47. The predicted octanol–water partition coefficient (Wildman–Crippen LogP) is 3.96. The minimum absolute atomic E-state index is 1.08. The topological polar surface area (TPSA) is 34.6 Å². The molecule has 2 aliphatic heterocycles. The summed E-state index contributed by atoms with van der Waals surface area (Å²) < 4.78 is 0. The molecule has 3 aliphatic rings. The highest BCUT2D eigenvalue weighted by atomic mass is 15.3. The van der Waals surface area contributed by atoms with Crippen LogP contribution < -0.4 is 15.1 Å². The molecular weight excluding hydrogens is 394 g/mol. The van der Waals surface area contributed by atoms with Gasteiger partial charge in [0.2, 0.25) is 0 Å². The van der Waals surface area contributed by atoms with Crippen molar-refractivity contribution in [2.45, 2.75) is 45.4 Å². The molecule has 0 bridgehead atoms. The minimum Gasteiger partial charge on any atom is -0.369 e. The average molecular weight is 434 g/mol. The van der Waals surface area contributed by atoms with E-state index in [-0.39, 0.29) is 0 Å². The molecule has 1 aromatic heterocycles. The minimum atomic E-state index is 1.08. The van der Waals surface area contributed by atoms with Gasteiger partial charge in [-0.15, -0.1) is 0 Å². The van der Waals surface area contributed by atoms with Gasteiger partial charge in [0.15, 0.2) is 0 Å². The normalized spacial score (nSPS) is 20.5. The monoisotopic (exact) mass is 433 g/mol. The largest absolute Gasteiger partial charge is 0.369 e. The maximum atomic E-state index is 5.26. The van der Waals surface area contributed by atoms with E-state index in [1.807, 2.05) is 0 Å². The van der Waals surface area contributed by atoms with Gasteiger partial charge in [-0.25, -0.2) is 4.98 Å². The van der Waals surface area contributed by atoms with E-state index in [9.17, 15) is 0 Å². The van der Waals surface area contributed by atoms with Crippen LogP contribution in [0, 0.1) is 0 Å². The molecule has 1 aliphatic carbocycles. The van der Waals surface area contributed by atoms with Crippen molar-refractivity contribution in [3.05, 3.63) is 41.6 Å². The highest BCUT2D eigenvalue weighted by molar-refractivity contribution is 5.73. The lowest BCUT2D eigenvalue weighted by Crippen LogP contribution is -2.46. The van der Waals surface area contributed by atoms with Crippen molar-refractivity contribution in [3.63, 3.8) is 0 Å². The average Bonchev–Trinajstić information content (AvgIpc) is 2.85. The van der Waals surface area contributed by atoms with Crippen molar-refractivity contribution < 1.29 is 0 Å². The van der Waals surface area contributed by atoms with Gasteiger partial charge in [-0.3, -0.25) is 0 Å². The molecule has 2 aromatic rings. The number of hydrogen-bond donors (Lipinski definition) is 1. The number of anilines is 2. The van der Waals surface area contributed by atoms with Gasteiger partial charge in [0.1, 0.15) is 5.82 Å². The summed E-state index contributed by atoms with van der Waals surface area (Å²) in [5.74, 6) is 1.20. The number of piperazine rings is 2. The quantitative estimate of drug-likeness (QED) is 0.790. The lowest BCUT2D eigenvalue weighted by atomic mass is 9.90. The van der Waals surface area contributed by atoms with E-state index in [0.29, 0.717) is 0 Å². The first-order chi connectivity index (χ1) is 15.8. The van der Waals surface area contributed by atoms with E-state index in [0.717, 1.165) is 65.3 Å². The first-order valence-corrected chi connectivity index (χ1v) is 12.9. The van der Waals surface area contributed by atoms with Crippen LogP contribution in [-0.4, -0.2) is 68.8 Å². The number of aryl methyl sites for hydroxylation is 1. The Morgan fingerprint density at radius 1 is 0.812 bits per heavy atom. The third-order valence-corrected chi connectivity index (χ3v) is 7.59. The summed E-state index contributed by atoms with van der Waals surface area (Å²) in [7, 11) is 0. The van der Waals surface area contributed by atoms with Crippen LogP contribution in [0.25, 0.3) is 11.1 Å². The lowest BCUT2D eigenvalue weighted by Gasteiger charge is -2.35. The molecule has 0 spiro atoms. The number of likely N-dealkylation sites (N-methyl/N-ethyl adjacent to an activating group) is 1. The summed E-state index contributed by atoms with van der Waals surface area (Å²) in [6, 6.07) is 11.8. The van der Waals surface area contributed by atoms with E-state index >= 15 is 0 Å². The maximum absolute atomic E-state index is 5.26. The molecule has 0 saturated carbocycles. The number of nitrogens with one attached hydrogen (secondary N) is 1. The molecule has 5 rings (SSSR count). The number of rotatable bonds is 4. The number of hydrogen-bond acceptors (Lipinski definition) is 5. The van der Waals surface area contributed by atoms with Crippen molar-refractivity contribution in [3.8, 4) is 11.1 Å². The van der Waals surface area contributed by atoms with Gasteiger partial charge in [-0.1, -0.05) is 31.9 Å². The summed E-state index contributed by atoms with van der Waals surface area (Å²) in [6.07, 6.45) is 7.55. The molecular formula is C27H39N5. The number of benzene rings is 1. The van der Waals surface area contributed by atoms with Gasteiger partial charge in [0.05, 0.1) is 0 Å². The Kier molecular flexibility index (Phi) is 6.94. The lowest BCUT2D eigenvalue weighted by molar-refractivity contribution is 0.270. The predicted molar refractivity (Wildman–Crippen MR) is 135 cm³/mol. The number of aromatic nitrogens is 1. The molecule has 5 nitrogen and oxygen atoms in total. The van der Waals surface area contributed by atoms with Crippen LogP contribution in [0.15, 0.2) is 30.3 Å². The summed E-state index contributed by atoms with van der Waals surface area (Å²) in [5.41, 5.74) is 7.01. The number of fused-ring (bicyclic) bond motifs is 1. The molecule has 2 fully saturated rings. The second-order valence-electron chi connectivity index (χ2n) is 9.57. The Morgan fingerprint density at radius 2 is 1.53 bits per heavy atom. The van der Waals surface area contributed by atoms with E-state index in [4.69, 9.17) is 4.98 Å². The fourth-order valence-corrected chi connectivity index (χ4v) is 5.53. The fourth-order valence-electron chi connectivity index (χ4n) is 5.53. The van der Waals surface area contributed by atoms with Crippen molar-refractivity contribution in [2.75, 3.05) is 68.7 Å². The van der Waals surface area contributed by atoms with Crippen LogP contribution in [0.3, 0.4) is 0 Å². The highest BCUT2D eigenvalue weighted by Crippen LogP contribution is 2.34. The zero-order valence-corrected chi connectivity index (χ0v) is 19.8. The molecule has 1 N–H and O–H groups in total. The summed E-state index contributed by atoms with van der Waals surface area (Å²) in [6.45, 7) is 12.2. The van der Waals surface area contributed by atoms with Crippen LogP contribution in [0.1, 0.15) is 43.9 Å². The number of nitrogens with zero attached hydrogens (tertiary/aromatic N) is 4. The molecule has 0 amide bonds. The Labute approximate surface area is 193 Å². The molecule has 2 saturated heterocycles. The molecule has 0 radical (unpaired) electrons. The molecule has 5 heteroatoms. The highest BCUT2D eigenvalue weighted by Gasteiger charge is 2.22. The first-order valence-electron chi connectivity index (χ1n) is 12.9. The smallest absolute Gasteiger partial charge is 0.129 e. The van der Waals surface area contributed by atoms with E-state index in [1.54, 1.807) is 0 Å². The summed E-state index contributed by atoms with van der Waals surface area (Å²) in [4.78, 5) is 12.8. The fraction of sp³-hybridized carbons (Fsp3) is 0.593. The SMILES string of the molecule is CCN1CCN(c2cc(-c3ccc(N4CCNCC4)cc3)c3c(n2)CCCCCC3)CC1. The van der Waals surface area contributed by atoms with Crippen LogP contribution >= 0.6 is 0 Å². The van der Waals surface area contributed by atoms with Gasteiger partial charge >= 0.3 is 0 Å². The van der Waals surface area contributed by atoms with Gasteiger partial charge in [0.25, 0.3) is 0 Å². The first kappa shape index (κ1) is 21.7. The second-order valence-corrected chi connectivity index (χ2v) is 9.57. The van der Waals surface area contributed by atoms with Crippen molar-refractivity contribution in [1.82, 2.24) is 15.2 Å². The molecule has 1 aromatic carbocycles. The third-order valence-electron chi connectivity index (χ3n) is 7.59. The maximum Gasteiger partial charge on any atom is 0.129 e. The van der Waals surface area contributed by atoms with Gasteiger partial charge in [-0.05, 0) is 67.1 Å². The Bertz CT molecular complexity index is 880. The van der Waals surface area contributed by atoms with Crippen molar-refractivity contribution in [1.29, 1.82) is 0 Å². The van der Waals surface area contributed by atoms with Gasteiger partial charge in [0, 0.05) is 63.7 Å². The van der Waals surface area contributed by atoms with Crippen molar-refractivity contribution >= 4 is 11.5 Å². The zero-order valence-electron chi connectivity index (χ0n) is 19.8. The molecule has 0 atom stereocenters. The molecule has 0 unspecified atom stereocenters. The second kappa shape index (κ2) is 10.2. The van der Waals surface area contributed by atoms with Gasteiger partial charge < -0.3 is 20.0 Å². The van der Waals surface area contributed by atoms with Gasteiger partial charge in [-0.2, -0.15) is 0 Å². The molecule has 32 heavy (non-hydrogen) atoms. The standard InChI is InChI=1S/C27H39N5/c1-2-30-17-19-32(20-18-30)27-21-25(24-7-5-3-4-6-8-26(24)29-27)22-9-11-23(12-10-22)31-15-13-28-14-16-31/h9-12,21,28H,2-8,13-20H2,1H3. The van der Waals surface area contributed by atoms with Crippen LogP contribution in [-0.2, 0) is 12.8 Å². The number of pyridine rings is 1. The van der Waals surface area contributed by atoms with E-state index in [2.05, 4.69) is 57.3 Å². The van der Waals surface area contributed by atoms with Crippen LogP contribution in [0.5, 0.6) is 0 Å². The molecule has 3 heterocycles. The van der Waals surface area contributed by atoms with Crippen molar-refractivity contribution in [2.24, 2.45) is 0 Å². The zero-order chi connectivity index (χ0) is 21.8. The third kappa shape index (κ3) is 4.79. The van der Waals surface area contributed by atoms with E-state index < -0.39 is 0 Å². The molecule has 172 valence electrons. The summed E-state index contributed by atoms with van der Waals surface area (Å²) in [5, 5.41) is 3.45. The Hall–Kier alpha value is -2.11. The Morgan fingerprint density at radius 3 is 2.25 bits per heavy atom.